The maximum absolute atomic E-state index is 13.3. The number of nitrogens with zero attached hydrogens (tertiary/aromatic N) is 3. The molecule has 0 aliphatic carbocycles. The van der Waals surface area contributed by atoms with E-state index in [2.05, 4.69) is 16.7 Å². The highest BCUT2D eigenvalue weighted by atomic mass is 32.2. The van der Waals surface area contributed by atoms with Crippen LogP contribution in [0.1, 0.15) is 27.3 Å². The zero-order valence-electron chi connectivity index (χ0n) is 19.2. The number of rotatable bonds is 6. The van der Waals surface area contributed by atoms with Crippen LogP contribution < -0.4 is 4.74 Å². The normalized spacial score (nSPS) is 14.9. The molecule has 0 unspecified atom stereocenters. The number of sulfonamides is 1. The van der Waals surface area contributed by atoms with Crippen molar-refractivity contribution >= 4 is 15.9 Å². The van der Waals surface area contributed by atoms with E-state index in [1.54, 1.807) is 36.3 Å². The van der Waals surface area contributed by atoms with Gasteiger partial charge in [0.2, 0.25) is 10.0 Å². The third-order valence-corrected chi connectivity index (χ3v) is 8.12. The van der Waals surface area contributed by atoms with Gasteiger partial charge < -0.3 is 14.2 Å². The van der Waals surface area contributed by atoms with Gasteiger partial charge in [-0.2, -0.15) is 4.31 Å². The molecule has 174 valence electrons. The van der Waals surface area contributed by atoms with Crippen molar-refractivity contribution in [2.24, 2.45) is 0 Å². The first-order chi connectivity index (χ1) is 15.8. The smallest absolute Gasteiger partial charge is 0.255 e. The first-order valence-corrected chi connectivity index (χ1v) is 12.4. The predicted molar refractivity (Wildman–Crippen MR) is 127 cm³/mol. The van der Waals surface area contributed by atoms with Crippen LogP contribution in [0.15, 0.2) is 65.6 Å². The molecule has 1 aliphatic heterocycles. The van der Waals surface area contributed by atoms with Gasteiger partial charge in [-0.05, 0) is 49.7 Å². The van der Waals surface area contributed by atoms with E-state index < -0.39 is 10.0 Å². The Morgan fingerprint density at radius 1 is 0.939 bits per heavy atom. The Morgan fingerprint density at radius 3 is 2.18 bits per heavy atom. The van der Waals surface area contributed by atoms with Crippen LogP contribution in [0.3, 0.4) is 0 Å². The predicted octanol–water partition coefficient (Wildman–Crippen LogP) is 3.31. The van der Waals surface area contributed by atoms with Gasteiger partial charge in [0.1, 0.15) is 5.75 Å². The van der Waals surface area contributed by atoms with Crippen molar-refractivity contribution in [3.05, 3.63) is 83.2 Å². The molecule has 0 bridgehead atoms. The number of methoxy groups -OCH3 is 1. The van der Waals surface area contributed by atoms with Crippen molar-refractivity contribution in [2.45, 2.75) is 25.3 Å². The van der Waals surface area contributed by atoms with Crippen molar-refractivity contribution in [2.75, 3.05) is 33.3 Å². The summed E-state index contributed by atoms with van der Waals surface area (Å²) in [6, 6.07) is 18.5. The summed E-state index contributed by atoms with van der Waals surface area (Å²) in [6.45, 7) is 5.93. The zero-order valence-corrected chi connectivity index (χ0v) is 20.0. The second-order valence-electron chi connectivity index (χ2n) is 8.23. The summed E-state index contributed by atoms with van der Waals surface area (Å²) < 4.78 is 34.7. The van der Waals surface area contributed by atoms with Gasteiger partial charge in [0.15, 0.2) is 0 Å². The Hall–Kier alpha value is -3.10. The molecule has 0 spiro atoms. The van der Waals surface area contributed by atoms with Crippen LogP contribution in [0.5, 0.6) is 5.75 Å². The molecule has 1 aliphatic rings. The summed E-state index contributed by atoms with van der Waals surface area (Å²) in [4.78, 5) is 15.2. The molecule has 1 aromatic heterocycles. The van der Waals surface area contributed by atoms with Crippen molar-refractivity contribution in [3.63, 3.8) is 0 Å². The summed E-state index contributed by atoms with van der Waals surface area (Å²) >= 11 is 0. The van der Waals surface area contributed by atoms with Gasteiger partial charge in [-0.3, -0.25) is 4.79 Å². The van der Waals surface area contributed by atoms with Crippen LogP contribution in [0.25, 0.3) is 0 Å². The molecule has 0 radical (unpaired) electrons. The molecule has 0 atom stereocenters. The van der Waals surface area contributed by atoms with E-state index in [0.29, 0.717) is 30.9 Å². The molecular weight excluding hydrogens is 438 g/mol. The largest absolute Gasteiger partial charge is 0.497 e. The van der Waals surface area contributed by atoms with Crippen molar-refractivity contribution in [1.29, 1.82) is 0 Å². The van der Waals surface area contributed by atoms with E-state index in [1.165, 1.54) is 9.87 Å². The molecule has 1 fully saturated rings. The maximum Gasteiger partial charge on any atom is 0.255 e. The minimum atomic E-state index is -3.61. The van der Waals surface area contributed by atoms with Crippen LogP contribution in [-0.4, -0.2) is 61.4 Å². The van der Waals surface area contributed by atoms with Crippen LogP contribution in [0.2, 0.25) is 0 Å². The highest BCUT2D eigenvalue weighted by Gasteiger charge is 2.31. The van der Waals surface area contributed by atoms with E-state index in [0.717, 1.165) is 11.4 Å². The van der Waals surface area contributed by atoms with Crippen LogP contribution >= 0.6 is 0 Å². The van der Waals surface area contributed by atoms with Gasteiger partial charge in [0.25, 0.3) is 5.91 Å². The van der Waals surface area contributed by atoms with E-state index in [9.17, 15) is 13.2 Å². The second kappa shape index (κ2) is 9.41. The molecule has 33 heavy (non-hydrogen) atoms. The molecular formula is C25H29N3O4S. The lowest BCUT2D eigenvalue weighted by Crippen LogP contribution is -2.50. The summed E-state index contributed by atoms with van der Waals surface area (Å²) in [5.41, 5.74) is 3.81. The Kier molecular flexibility index (Phi) is 6.58. The molecule has 1 saturated heterocycles. The fourth-order valence-corrected chi connectivity index (χ4v) is 5.65. The number of hydrogen-bond acceptors (Lipinski definition) is 4. The number of ether oxygens (including phenoxy) is 1. The number of benzene rings is 2. The zero-order chi connectivity index (χ0) is 23.6. The summed E-state index contributed by atoms with van der Waals surface area (Å²) in [7, 11) is -2.07. The van der Waals surface area contributed by atoms with Gasteiger partial charge >= 0.3 is 0 Å². The van der Waals surface area contributed by atoms with Gasteiger partial charge in [0.05, 0.1) is 17.6 Å². The molecule has 2 heterocycles. The molecule has 8 heteroatoms. The van der Waals surface area contributed by atoms with Crippen molar-refractivity contribution < 1.29 is 17.9 Å². The van der Waals surface area contributed by atoms with E-state index >= 15 is 0 Å². The van der Waals surface area contributed by atoms with Gasteiger partial charge in [-0.25, -0.2) is 8.42 Å². The highest BCUT2D eigenvalue weighted by molar-refractivity contribution is 7.89. The number of piperazine rings is 1. The van der Waals surface area contributed by atoms with E-state index in [1.807, 2.05) is 38.1 Å². The monoisotopic (exact) mass is 467 g/mol. The Balaban J connectivity index is 1.45. The summed E-state index contributed by atoms with van der Waals surface area (Å²) in [6.07, 6.45) is 0. The van der Waals surface area contributed by atoms with Crippen molar-refractivity contribution in [3.8, 4) is 5.75 Å². The Morgan fingerprint density at radius 2 is 1.58 bits per heavy atom. The summed E-state index contributed by atoms with van der Waals surface area (Å²) in [5, 5.41) is 0. The lowest BCUT2D eigenvalue weighted by Gasteiger charge is -2.34. The fourth-order valence-electron chi connectivity index (χ4n) is 4.23. The SMILES string of the molecule is COc1ccc(S(=O)(=O)N2CCN(C(=O)c3cc(C)n(Cc4ccccc4)c3C)CC2)cc1. The van der Waals surface area contributed by atoms with E-state index in [-0.39, 0.29) is 23.9 Å². The number of carbonyl (C=O) groups excluding carboxylic acids is 1. The maximum atomic E-state index is 13.3. The standard InChI is InChI=1S/C25H29N3O4S/c1-19-17-24(20(2)28(19)18-21-7-5-4-6-8-21)25(29)26-13-15-27(16-14-26)33(30,31)23-11-9-22(32-3)10-12-23/h4-12,17H,13-16,18H2,1-3H3. The fraction of sp³-hybridized carbons (Fsp3) is 0.320. The molecule has 0 N–H and O–H groups in total. The van der Waals surface area contributed by atoms with Gasteiger partial charge in [0, 0.05) is 44.1 Å². The number of amides is 1. The minimum absolute atomic E-state index is 0.0519. The van der Waals surface area contributed by atoms with Gasteiger partial charge in [-0.15, -0.1) is 0 Å². The van der Waals surface area contributed by atoms with Crippen LogP contribution in [-0.2, 0) is 16.6 Å². The Bertz CT molecular complexity index is 1230. The lowest BCUT2D eigenvalue weighted by atomic mass is 10.2. The summed E-state index contributed by atoms with van der Waals surface area (Å²) in [5.74, 6) is 0.554. The third-order valence-electron chi connectivity index (χ3n) is 6.21. The average Bonchev–Trinajstić information content (AvgIpc) is 3.12. The lowest BCUT2D eigenvalue weighted by molar-refractivity contribution is 0.0697. The molecule has 0 saturated carbocycles. The van der Waals surface area contributed by atoms with Crippen LogP contribution in [0, 0.1) is 13.8 Å². The highest BCUT2D eigenvalue weighted by Crippen LogP contribution is 2.23. The van der Waals surface area contributed by atoms with E-state index in [4.69, 9.17) is 4.74 Å². The molecule has 3 aromatic rings. The van der Waals surface area contributed by atoms with Crippen molar-refractivity contribution in [1.82, 2.24) is 13.8 Å². The first-order valence-electron chi connectivity index (χ1n) is 11.0. The minimum Gasteiger partial charge on any atom is -0.497 e. The number of hydrogen-bond donors (Lipinski definition) is 0. The topological polar surface area (TPSA) is 71.9 Å². The third kappa shape index (κ3) is 4.67. The molecule has 7 nitrogen and oxygen atoms in total. The quantitative estimate of drug-likeness (QED) is 0.558. The average molecular weight is 468 g/mol. The number of aryl methyl sites for hydroxylation is 1. The van der Waals surface area contributed by atoms with Crippen LogP contribution in [0.4, 0.5) is 0 Å². The Labute approximate surface area is 195 Å². The second-order valence-corrected chi connectivity index (χ2v) is 10.2. The molecule has 1 amide bonds. The molecule has 4 rings (SSSR count). The number of carbonyl (C=O) groups is 1. The molecule has 2 aromatic carbocycles. The van der Waals surface area contributed by atoms with Gasteiger partial charge in [-0.1, -0.05) is 30.3 Å². The number of aromatic nitrogens is 1. The first kappa shape index (κ1) is 23.1.